The fraction of sp³-hybridized carbons (Fsp3) is 0.500. The minimum atomic E-state index is -0.352. The molecule has 0 radical (unpaired) electrons. The van der Waals surface area contributed by atoms with Crippen molar-refractivity contribution < 1.29 is 9.18 Å². The number of piperazine rings is 1. The molecule has 2 N–H and O–H groups in total. The Kier molecular flexibility index (Phi) is 7.70. The molecule has 1 aromatic carbocycles. The molecule has 0 saturated carbocycles. The van der Waals surface area contributed by atoms with Crippen LogP contribution >= 0.6 is 12.4 Å². The van der Waals surface area contributed by atoms with Crippen LogP contribution in [-0.4, -0.2) is 64.8 Å². The lowest BCUT2D eigenvalue weighted by Gasteiger charge is -2.26. The van der Waals surface area contributed by atoms with Gasteiger partial charge in [-0.15, -0.1) is 17.5 Å². The van der Waals surface area contributed by atoms with E-state index in [1.54, 1.807) is 16.8 Å². The molecule has 27 heavy (non-hydrogen) atoms. The van der Waals surface area contributed by atoms with Gasteiger partial charge in [0.15, 0.2) is 0 Å². The second-order valence-corrected chi connectivity index (χ2v) is 6.69. The fourth-order valence-corrected chi connectivity index (χ4v) is 2.93. The van der Waals surface area contributed by atoms with Gasteiger partial charge in [-0.05, 0) is 18.2 Å². The minimum absolute atomic E-state index is 0. The molecular formula is C18H26ClFN6O. The summed E-state index contributed by atoms with van der Waals surface area (Å²) in [5.41, 5.74) is 0.557. The number of amides is 1. The number of benzene rings is 1. The molecule has 1 fully saturated rings. The molecule has 1 aliphatic heterocycles. The van der Waals surface area contributed by atoms with Crippen LogP contribution < -0.4 is 10.6 Å². The zero-order valence-electron chi connectivity index (χ0n) is 15.6. The van der Waals surface area contributed by atoms with Crippen molar-refractivity contribution in [3.05, 3.63) is 41.7 Å². The second-order valence-electron chi connectivity index (χ2n) is 6.69. The summed E-state index contributed by atoms with van der Waals surface area (Å²) in [5, 5.41) is 10.5. The first-order chi connectivity index (χ1) is 12.5. The Morgan fingerprint density at radius 1 is 1.33 bits per heavy atom. The number of hydrogen-bond donors (Lipinski definition) is 2. The molecule has 7 nitrogen and oxygen atoms in total. The molecular weight excluding hydrogens is 371 g/mol. The highest BCUT2D eigenvalue weighted by atomic mass is 35.5. The van der Waals surface area contributed by atoms with Crippen LogP contribution in [0.4, 0.5) is 4.39 Å². The highest BCUT2D eigenvalue weighted by Crippen LogP contribution is 2.18. The van der Waals surface area contributed by atoms with Crippen molar-refractivity contribution in [2.75, 3.05) is 39.3 Å². The molecule has 0 bridgehead atoms. The third kappa shape index (κ3) is 5.47. The highest BCUT2D eigenvalue weighted by Gasteiger charge is 2.20. The summed E-state index contributed by atoms with van der Waals surface area (Å²) >= 11 is 0. The highest BCUT2D eigenvalue weighted by molar-refractivity contribution is 5.90. The maximum Gasteiger partial charge on any atom is 0.291 e. The molecule has 0 aliphatic carbocycles. The Morgan fingerprint density at radius 3 is 2.74 bits per heavy atom. The number of aromatic nitrogens is 3. The molecule has 3 rings (SSSR count). The largest absolute Gasteiger partial charge is 0.348 e. The number of halogens is 2. The Bertz CT molecular complexity index is 760. The first-order valence-electron chi connectivity index (χ1n) is 8.99. The number of hydrogen-bond acceptors (Lipinski definition) is 5. The molecule has 0 atom stereocenters. The van der Waals surface area contributed by atoms with Crippen molar-refractivity contribution in [1.29, 1.82) is 0 Å². The normalized spacial score (nSPS) is 14.8. The standard InChI is InChI=1S/C18H25FN6O.ClH/c1-13(2)17-22-16(23-25(17)15-5-3-4-14(19)12-15)18(26)21-8-11-24-9-6-20-7-10-24;/h3-5,12-13,20H,6-11H2,1-2H3,(H,21,26);1H. The molecule has 2 heterocycles. The Balaban J connectivity index is 0.00000261. The van der Waals surface area contributed by atoms with Crippen molar-refractivity contribution in [3.63, 3.8) is 0 Å². The van der Waals surface area contributed by atoms with E-state index in [1.165, 1.54) is 12.1 Å². The quantitative estimate of drug-likeness (QED) is 0.775. The maximum absolute atomic E-state index is 13.5. The van der Waals surface area contributed by atoms with Gasteiger partial charge >= 0.3 is 0 Å². The number of carbonyl (C=O) groups is 1. The fourth-order valence-electron chi connectivity index (χ4n) is 2.93. The maximum atomic E-state index is 13.5. The van der Waals surface area contributed by atoms with Crippen LogP contribution in [0.25, 0.3) is 5.69 Å². The minimum Gasteiger partial charge on any atom is -0.348 e. The number of nitrogens with zero attached hydrogens (tertiary/aromatic N) is 4. The van der Waals surface area contributed by atoms with Crippen molar-refractivity contribution in [2.24, 2.45) is 0 Å². The van der Waals surface area contributed by atoms with E-state index < -0.39 is 0 Å². The van der Waals surface area contributed by atoms with E-state index in [4.69, 9.17) is 0 Å². The summed E-state index contributed by atoms with van der Waals surface area (Å²) in [6, 6.07) is 6.12. The zero-order valence-corrected chi connectivity index (χ0v) is 16.4. The molecule has 1 saturated heterocycles. The van der Waals surface area contributed by atoms with Gasteiger partial charge < -0.3 is 10.6 Å². The number of rotatable bonds is 6. The smallest absolute Gasteiger partial charge is 0.291 e. The van der Waals surface area contributed by atoms with Crippen LogP contribution in [0.2, 0.25) is 0 Å². The van der Waals surface area contributed by atoms with Gasteiger partial charge in [0.05, 0.1) is 5.69 Å². The molecule has 9 heteroatoms. The summed E-state index contributed by atoms with van der Waals surface area (Å²) in [5.74, 6) is 0.126. The van der Waals surface area contributed by atoms with Crippen molar-refractivity contribution in [3.8, 4) is 5.69 Å². The monoisotopic (exact) mass is 396 g/mol. The first kappa shape index (κ1) is 21.3. The predicted molar refractivity (Wildman–Crippen MR) is 104 cm³/mol. The number of carbonyl (C=O) groups excluding carboxylic acids is 1. The molecule has 0 unspecified atom stereocenters. The summed E-state index contributed by atoms with van der Waals surface area (Å²) in [4.78, 5) is 19.1. The lowest BCUT2D eigenvalue weighted by Crippen LogP contribution is -2.46. The van der Waals surface area contributed by atoms with Crippen LogP contribution in [0.15, 0.2) is 24.3 Å². The van der Waals surface area contributed by atoms with Gasteiger partial charge in [0.2, 0.25) is 5.82 Å². The molecule has 148 valence electrons. The van der Waals surface area contributed by atoms with E-state index in [9.17, 15) is 9.18 Å². The summed E-state index contributed by atoms with van der Waals surface area (Å²) in [6.45, 7) is 9.20. The Hall–Kier alpha value is -2.03. The Morgan fingerprint density at radius 2 is 2.07 bits per heavy atom. The van der Waals surface area contributed by atoms with E-state index in [2.05, 4.69) is 25.6 Å². The van der Waals surface area contributed by atoms with E-state index >= 15 is 0 Å². The van der Waals surface area contributed by atoms with Gasteiger partial charge in [0.25, 0.3) is 5.91 Å². The average molecular weight is 397 g/mol. The zero-order chi connectivity index (χ0) is 18.5. The van der Waals surface area contributed by atoms with Gasteiger partial charge in [-0.1, -0.05) is 19.9 Å². The van der Waals surface area contributed by atoms with E-state index in [-0.39, 0.29) is 35.9 Å². The first-order valence-corrected chi connectivity index (χ1v) is 8.99. The molecule has 1 aromatic heterocycles. The molecule has 2 aromatic rings. The van der Waals surface area contributed by atoms with Gasteiger partial charge in [0, 0.05) is 45.2 Å². The molecule has 0 spiro atoms. The van der Waals surface area contributed by atoms with Crippen LogP contribution in [0.1, 0.15) is 36.2 Å². The topological polar surface area (TPSA) is 75.1 Å². The third-order valence-corrected chi connectivity index (χ3v) is 4.33. The Labute approximate surface area is 164 Å². The predicted octanol–water partition coefficient (Wildman–Crippen LogP) is 1.59. The van der Waals surface area contributed by atoms with Gasteiger partial charge in [-0.3, -0.25) is 9.69 Å². The summed E-state index contributed by atoms with van der Waals surface area (Å²) in [6.07, 6.45) is 0. The van der Waals surface area contributed by atoms with Gasteiger partial charge in [0.1, 0.15) is 11.6 Å². The lowest BCUT2D eigenvalue weighted by molar-refractivity contribution is 0.0937. The van der Waals surface area contributed by atoms with E-state index in [1.807, 2.05) is 13.8 Å². The van der Waals surface area contributed by atoms with Crippen molar-refractivity contribution >= 4 is 18.3 Å². The lowest BCUT2D eigenvalue weighted by atomic mass is 10.2. The van der Waals surface area contributed by atoms with Crippen molar-refractivity contribution in [2.45, 2.75) is 19.8 Å². The van der Waals surface area contributed by atoms with Crippen LogP contribution in [0, 0.1) is 5.82 Å². The van der Waals surface area contributed by atoms with E-state index in [0.717, 1.165) is 32.7 Å². The van der Waals surface area contributed by atoms with Crippen LogP contribution in [-0.2, 0) is 0 Å². The van der Waals surface area contributed by atoms with E-state index in [0.29, 0.717) is 18.1 Å². The summed E-state index contributed by atoms with van der Waals surface area (Å²) < 4.78 is 15.1. The number of nitrogens with one attached hydrogen (secondary N) is 2. The van der Waals surface area contributed by atoms with Gasteiger partial charge in [-0.25, -0.2) is 14.1 Å². The molecule has 1 aliphatic rings. The van der Waals surface area contributed by atoms with Crippen LogP contribution in [0.3, 0.4) is 0 Å². The summed E-state index contributed by atoms with van der Waals surface area (Å²) in [7, 11) is 0. The van der Waals surface area contributed by atoms with Gasteiger partial charge in [-0.2, -0.15) is 0 Å². The SMILES string of the molecule is CC(C)c1nc(C(=O)NCCN2CCNCC2)nn1-c1cccc(F)c1.Cl. The van der Waals surface area contributed by atoms with Crippen LogP contribution in [0.5, 0.6) is 0 Å². The van der Waals surface area contributed by atoms with Crippen molar-refractivity contribution in [1.82, 2.24) is 30.3 Å². The molecule has 1 amide bonds. The third-order valence-electron chi connectivity index (χ3n) is 4.33. The second kappa shape index (κ2) is 9.77. The average Bonchev–Trinajstić information content (AvgIpc) is 3.08.